The van der Waals surface area contributed by atoms with E-state index in [1.165, 1.54) is 0 Å². The molecule has 1 aromatic heterocycles. The van der Waals surface area contributed by atoms with Crippen molar-refractivity contribution in [2.45, 2.75) is 0 Å². The van der Waals surface area contributed by atoms with Crippen LogP contribution in [0.15, 0.2) is 18.2 Å². The standard InChI is InChI=1S/C6H6NO.2ClH.Li.Zn/c1-8-6-4-2-3-5-7-6;;;;/h2-4H,1H3;2*1H;;/q-1;;;+1;+2/p-2. The molecule has 0 aliphatic carbocycles. The first-order valence-corrected chi connectivity index (χ1v) is 6.47. The second-order valence-electron chi connectivity index (χ2n) is 1.31. The Morgan fingerprint density at radius 3 is 2.42 bits per heavy atom. The van der Waals surface area contributed by atoms with Crippen LogP contribution in [0.1, 0.15) is 0 Å². The van der Waals surface area contributed by atoms with Gasteiger partial charge >= 0.3 is 45.9 Å². The summed E-state index contributed by atoms with van der Waals surface area (Å²) in [4.78, 5) is 3.75. The van der Waals surface area contributed by atoms with Crippen LogP contribution >= 0.6 is 9.69 Å². The van der Waals surface area contributed by atoms with Crippen LogP contribution in [0.3, 0.4) is 0 Å². The smallest absolute Gasteiger partial charge is 1.00 e. The third-order valence-electron chi connectivity index (χ3n) is 0.793. The molecule has 0 spiro atoms. The molecule has 0 amide bonds. The number of ether oxygens (including phenoxy) is 1. The quantitative estimate of drug-likeness (QED) is 0.371. The molecular weight excluding hydrogens is 245 g/mol. The first-order valence-electron chi connectivity index (χ1n) is 2.57. The molecule has 2 nitrogen and oxygen atoms in total. The van der Waals surface area contributed by atoms with Crippen molar-refractivity contribution in [2.75, 3.05) is 7.11 Å². The Bertz CT molecular complexity index is 167. The third kappa shape index (κ3) is 8.84. The van der Waals surface area contributed by atoms with Crippen LogP contribution < -0.4 is 36.0 Å². The Morgan fingerprint density at radius 1 is 1.58 bits per heavy atom. The van der Waals surface area contributed by atoms with E-state index in [-0.39, 0.29) is 31.3 Å². The summed E-state index contributed by atoms with van der Waals surface area (Å²) >= 11 is 0.847. The summed E-state index contributed by atoms with van der Waals surface area (Å²) in [5, 5.41) is 0. The number of hydrogen-bond donors (Lipinski definition) is 0. The Morgan fingerprint density at radius 2 is 2.17 bits per heavy atom. The Kier molecular flexibility index (Phi) is 22.0. The number of methoxy groups -OCH3 is 1. The molecule has 0 saturated heterocycles. The van der Waals surface area contributed by atoms with E-state index in [1.807, 2.05) is 6.07 Å². The molecule has 0 atom stereocenters. The van der Waals surface area contributed by atoms with Crippen LogP contribution in [-0.2, 0) is 17.3 Å². The summed E-state index contributed by atoms with van der Waals surface area (Å²) < 4.78 is 4.77. The van der Waals surface area contributed by atoms with Gasteiger partial charge in [-0.05, 0) is 0 Å². The fourth-order valence-corrected chi connectivity index (χ4v) is 0.425. The third-order valence-corrected chi connectivity index (χ3v) is 0.793. The minimum atomic E-state index is 0. The summed E-state index contributed by atoms with van der Waals surface area (Å²) in [5.41, 5.74) is 0. The molecule has 1 aromatic rings. The maximum absolute atomic E-state index is 4.77. The molecule has 0 fully saturated rings. The van der Waals surface area contributed by atoms with Gasteiger partial charge in [-0.2, -0.15) is 12.1 Å². The van der Waals surface area contributed by atoms with Crippen LogP contribution in [0, 0.1) is 6.20 Å². The van der Waals surface area contributed by atoms with Gasteiger partial charge < -0.3 is 22.1 Å². The number of aromatic nitrogens is 1. The molecule has 1 rings (SSSR count). The van der Waals surface area contributed by atoms with Crippen LogP contribution in [-0.4, -0.2) is 12.1 Å². The fourth-order valence-electron chi connectivity index (χ4n) is 0.425. The van der Waals surface area contributed by atoms with E-state index in [2.05, 4.69) is 11.2 Å². The minimum absolute atomic E-state index is 0. The summed E-state index contributed by atoms with van der Waals surface area (Å²) in [6.07, 6.45) is 2.64. The first kappa shape index (κ1) is 18.5. The van der Waals surface area contributed by atoms with Crippen molar-refractivity contribution in [1.82, 2.24) is 4.98 Å². The number of halogens is 2. The SMILES string of the molecule is COc1ccc[c-]n1.[Cl-].[Cl][Zn+].[Li+]. The molecular formula is C6H6Cl2LiNOZn. The summed E-state index contributed by atoms with van der Waals surface area (Å²) in [7, 11) is 6.34. The van der Waals surface area contributed by atoms with Crippen molar-refractivity contribution in [1.29, 1.82) is 0 Å². The zero-order valence-electron chi connectivity index (χ0n) is 7.05. The van der Waals surface area contributed by atoms with Crippen molar-refractivity contribution in [3.05, 3.63) is 24.4 Å². The summed E-state index contributed by atoms with van der Waals surface area (Å²) in [5.74, 6) is 0.604. The van der Waals surface area contributed by atoms with Crippen LogP contribution in [0.4, 0.5) is 0 Å². The van der Waals surface area contributed by atoms with Crippen molar-refractivity contribution < 1.29 is 53.3 Å². The zero-order valence-corrected chi connectivity index (χ0v) is 11.5. The van der Waals surface area contributed by atoms with Gasteiger partial charge in [-0.15, -0.1) is 6.07 Å². The maximum atomic E-state index is 4.77. The number of pyridine rings is 1. The Labute approximate surface area is 105 Å². The predicted molar refractivity (Wildman–Crippen MR) is 35.5 cm³/mol. The molecule has 0 unspecified atom stereocenters. The van der Waals surface area contributed by atoms with Crippen LogP contribution in [0.2, 0.25) is 0 Å². The molecule has 0 aliphatic rings. The summed E-state index contributed by atoms with van der Waals surface area (Å²) in [6.45, 7) is 0. The van der Waals surface area contributed by atoms with Gasteiger partial charge in [0.25, 0.3) is 0 Å². The first-order chi connectivity index (χ1) is 4.93. The van der Waals surface area contributed by atoms with Gasteiger partial charge in [-0.25, -0.2) is 0 Å². The van der Waals surface area contributed by atoms with Gasteiger partial charge in [0.05, 0.1) is 13.0 Å². The molecule has 0 saturated carbocycles. The van der Waals surface area contributed by atoms with Gasteiger partial charge in [0.15, 0.2) is 0 Å². The minimum Gasteiger partial charge on any atom is 1.00 e. The Hall–Kier alpha value is 0.751. The monoisotopic (exact) mass is 249 g/mol. The summed E-state index contributed by atoms with van der Waals surface area (Å²) in [6, 6.07) is 5.32. The normalized spacial score (nSPS) is 6.33. The number of rotatable bonds is 1. The number of nitrogens with zero attached hydrogens (tertiary/aromatic N) is 1. The zero-order chi connectivity index (χ0) is 7.82. The average molecular weight is 251 g/mol. The van der Waals surface area contributed by atoms with E-state index in [1.54, 1.807) is 19.2 Å². The predicted octanol–water partition coefficient (Wildman–Crippen LogP) is -4.41. The molecule has 1 heterocycles. The molecule has 0 aliphatic heterocycles. The topological polar surface area (TPSA) is 22.1 Å². The van der Waals surface area contributed by atoms with E-state index in [4.69, 9.17) is 14.4 Å². The van der Waals surface area contributed by atoms with Crippen molar-refractivity contribution >= 4 is 9.69 Å². The van der Waals surface area contributed by atoms with Crippen molar-refractivity contribution in [2.24, 2.45) is 0 Å². The average Bonchev–Trinajstić information content (AvgIpc) is 2.10. The van der Waals surface area contributed by atoms with Crippen molar-refractivity contribution in [3.8, 4) is 5.88 Å². The molecule has 12 heavy (non-hydrogen) atoms. The molecule has 0 N–H and O–H groups in total. The van der Waals surface area contributed by atoms with Crippen LogP contribution in [0.25, 0.3) is 0 Å². The van der Waals surface area contributed by atoms with Crippen molar-refractivity contribution in [3.63, 3.8) is 0 Å². The number of hydrogen-bond acceptors (Lipinski definition) is 2. The second-order valence-corrected chi connectivity index (χ2v) is 1.31. The molecule has 58 valence electrons. The fraction of sp³-hybridized carbons (Fsp3) is 0.167. The molecule has 0 aromatic carbocycles. The molecule has 6 heteroatoms. The van der Waals surface area contributed by atoms with Gasteiger partial charge in [0, 0.05) is 0 Å². The van der Waals surface area contributed by atoms with E-state index >= 15 is 0 Å². The van der Waals surface area contributed by atoms with E-state index in [0.717, 1.165) is 17.3 Å². The van der Waals surface area contributed by atoms with Gasteiger partial charge in [0.2, 0.25) is 0 Å². The van der Waals surface area contributed by atoms with Gasteiger partial charge in [-0.1, -0.05) is 6.20 Å². The van der Waals surface area contributed by atoms with Crippen LogP contribution in [0.5, 0.6) is 5.88 Å². The van der Waals surface area contributed by atoms with E-state index in [0.29, 0.717) is 5.88 Å². The second kappa shape index (κ2) is 14.3. The van der Waals surface area contributed by atoms with Gasteiger partial charge in [0.1, 0.15) is 0 Å². The van der Waals surface area contributed by atoms with Gasteiger partial charge in [-0.3, -0.25) is 0 Å². The largest absolute Gasteiger partial charge is 1.00 e. The van der Waals surface area contributed by atoms with E-state index < -0.39 is 0 Å². The molecule has 0 bridgehead atoms. The maximum Gasteiger partial charge on any atom is 1.00 e. The Balaban J connectivity index is -0.000000189. The molecule has 0 radical (unpaired) electrons. The van der Waals surface area contributed by atoms with E-state index in [9.17, 15) is 0 Å².